The summed E-state index contributed by atoms with van der Waals surface area (Å²) >= 11 is 0. The predicted molar refractivity (Wildman–Crippen MR) is 106 cm³/mol. The van der Waals surface area contributed by atoms with E-state index in [-0.39, 0.29) is 11.8 Å². The van der Waals surface area contributed by atoms with Gasteiger partial charge in [0.1, 0.15) is 17.2 Å². The SMILES string of the molecule is COc1ccc(C2=C(N3CCCC3)C(=O)N(c3ccccc3OC)C2=O)cc1. The fourth-order valence-electron chi connectivity index (χ4n) is 3.80. The van der Waals surface area contributed by atoms with Crippen LogP contribution in [0.4, 0.5) is 5.69 Å². The second-order valence-corrected chi connectivity index (χ2v) is 6.76. The molecule has 6 heteroatoms. The molecule has 2 aromatic carbocycles. The van der Waals surface area contributed by atoms with Gasteiger partial charge in [0.25, 0.3) is 11.8 Å². The summed E-state index contributed by atoms with van der Waals surface area (Å²) in [5, 5.41) is 0. The van der Waals surface area contributed by atoms with Gasteiger partial charge >= 0.3 is 0 Å². The van der Waals surface area contributed by atoms with Gasteiger partial charge in [0, 0.05) is 13.1 Å². The molecular formula is C22H22N2O4. The average molecular weight is 378 g/mol. The van der Waals surface area contributed by atoms with E-state index in [0.717, 1.165) is 25.9 Å². The Morgan fingerprint density at radius 3 is 2.14 bits per heavy atom. The first-order chi connectivity index (χ1) is 13.7. The van der Waals surface area contributed by atoms with Crippen molar-refractivity contribution < 1.29 is 19.1 Å². The number of nitrogens with zero attached hydrogens (tertiary/aromatic N) is 2. The van der Waals surface area contributed by atoms with E-state index in [1.54, 1.807) is 37.4 Å². The third kappa shape index (κ3) is 2.91. The van der Waals surface area contributed by atoms with Crippen LogP contribution in [0.2, 0.25) is 0 Å². The number of ether oxygens (including phenoxy) is 2. The average Bonchev–Trinajstić information content (AvgIpc) is 3.34. The first kappa shape index (κ1) is 18.1. The largest absolute Gasteiger partial charge is 0.497 e. The molecule has 2 heterocycles. The van der Waals surface area contributed by atoms with Gasteiger partial charge in [0.05, 0.1) is 25.5 Å². The van der Waals surface area contributed by atoms with Crippen LogP contribution < -0.4 is 14.4 Å². The Bertz CT molecular complexity index is 943. The molecule has 0 radical (unpaired) electrons. The highest BCUT2D eigenvalue weighted by Gasteiger charge is 2.43. The summed E-state index contributed by atoms with van der Waals surface area (Å²) in [6, 6.07) is 14.3. The molecule has 1 fully saturated rings. The second-order valence-electron chi connectivity index (χ2n) is 6.76. The minimum absolute atomic E-state index is 0.304. The van der Waals surface area contributed by atoms with Crippen molar-refractivity contribution in [2.24, 2.45) is 0 Å². The maximum Gasteiger partial charge on any atom is 0.282 e. The Morgan fingerprint density at radius 1 is 0.821 bits per heavy atom. The summed E-state index contributed by atoms with van der Waals surface area (Å²) < 4.78 is 10.6. The van der Waals surface area contributed by atoms with Gasteiger partial charge in [-0.3, -0.25) is 9.59 Å². The second kappa shape index (κ2) is 7.38. The van der Waals surface area contributed by atoms with E-state index in [1.807, 2.05) is 23.1 Å². The summed E-state index contributed by atoms with van der Waals surface area (Å²) in [5.74, 6) is 0.551. The highest BCUT2D eigenvalue weighted by atomic mass is 16.5. The molecule has 0 aromatic heterocycles. The molecule has 6 nitrogen and oxygen atoms in total. The number of benzene rings is 2. The molecule has 2 aliphatic rings. The number of hydrogen-bond donors (Lipinski definition) is 0. The van der Waals surface area contributed by atoms with Gasteiger partial charge in [0.15, 0.2) is 0 Å². The minimum atomic E-state index is -0.332. The van der Waals surface area contributed by atoms with E-state index < -0.39 is 0 Å². The van der Waals surface area contributed by atoms with Crippen LogP contribution in [0, 0.1) is 0 Å². The zero-order chi connectivity index (χ0) is 19.7. The monoisotopic (exact) mass is 378 g/mol. The number of anilines is 1. The molecule has 4 rings (SSSR count). The van der Waals surface area contributed by atoms with Crippen LogP contribution >= 0.6 is 0 Å². The lowest BCUT2D eigenvalue weighted by molar-refractivity contribution is -0.120. The van der Waals surface area contributed by atoms with Crippen LogP contribution in [0.5, 0.6) is 11.5 Å². The summed E-state index contributed by atoms with van der Waals surface area (Å²) in [7, 11) is 3.13. The highest BCUT2D eigenvalue weighted by molar-refractivity contribution is 6.45. The predicted octanol–water partition coefficient (Wildman–Crippen LogP) is 3.08. The lowest BCUT2D eigenvalue weighted by atomic mass is 10.0. The summed E-state index contributed by atoms with van der Waals surface area (Å²) in [5.41, 5.74) is 2.07. The summed E-state index contributed by atoms with van der Waals surface area (Å²) in [6.07, 6.45) is 2.02. The van der Waals surface area contributed by atoms with Gasteiger partial charge in [-0.25, -0.2) is 4.90 Å². The van der Waals surface area contributed by atoms with E-state index >= 15 is 0 Å². The third-order valence-electron chi connectivity index (χ3n) is 5.19. The fraction of sp³-hybridized carbons (Fsp3) is 0.273. The maximum atomic E-state index is 13.4. The van der Waals surface area contributed by atoms with Crippen molar-refractivity contribution in [1.29, 1.82) is 0 Å². The molecule has 0 bridgehead atoms. The van der Waals surface area contributed by atoms with Gasteiger partial charge < -0.3 is 14.4 Å². The van der Waals surface area contributed by atoms with E-state index in [1.165, 1.54) is 12.0 Å². The van der Waals surface area contributed by atoms with Gasteiger partial charge in [-0.05, 0) is 42.7 Å². The Morgan fingerprint density at radius 2 is 1.50 bits per heavy atom. The van der Waals surface area contributed by atoms with Crippen molar-refractivity contribution in [2.45, 2.75) is 12.8 Å². The number of para-hydroxylation sites is 2. The number of carbonyl (C=O) groups excluding carboxylic acids is 2. The molecular weight excluding hydrogens is 356 g/mol. The number of hydrogen-bond acceptors (Lipinski definition) is 5. The smallest absolute Gasteiger partial charge is 0.282 e. The van der Waals surface area contributed by atoms with Gasteiger partial charge in [-0.15, -0.1) is 0 Å². The Hall–Kier alpha value is -3.28. The molecule has 0 saturated carbocycles. The number of carbonyl (C=O) groups is 2. The van der Waals surface area contributed by atoms with Crippen LogP contribution in [-0.2, 0) is 9.59 Å². The Kier molecular flexibility index (Phi) is 4.77. The number of likely N-dealkylation sites (tertiary alicyclic amines) is 1. The molecule has 0 aliphatic carbocycles. The molecule has 2 aromatic rings. The number of rotatable bonds is 5. The number of amides is 2. The molecule has 0 atom stereocenters. The maximum absolute atomic E-state index is 13.4. The fourth-order valence-corrected chi connectivity index (χ4v) is 3.80. The minimum Gasteiger partial charge on any atom is -0.497 e. The lowest BCUT2D eigenvalue weighted by Gasteiger charge is -2.21. The van der Waals surface area contributed by atoms with Crippen molar-refractivity contribution in [3.63, 3.8) is 0 Å². The Balaban J connectivity index is 1.83. The molecule has 2 amide bonds. The van der Waals surface area contributed by atoms with Crippen molar-refractivity contribution in [3.05, 3.63) is 59.8 Å². The van der Waals surface area contributed by atoms with E-state index in [4.69, 9.17) is 9.47 Å². The van der Waals surface area contributed by atoms with E-state index in [2.05, 4.69) is 0 Å². The first-order valence-electron chi connectivity index (χ1n) is 9.31. The van der Waals surface area contributed by atoms with Crippen LogP contribution in [0.1, 0.15) is 18.4 Å². The standard InChI is InChI=1S/C22H22N2O4/c1-27-16-11-9-15(10-12-16)19-20(23-13-5-6-14-23)22(26)24(21(19)25)17-7-3-4-8-18(17)28-2/h3-4,7-12H,5-6,13-14H2,1-2H3. The molecule has 144 valence electrons. The van der Waals surface area contributed by atoms with E-state index in [0.29, 0.717) is 34.0 Å². The zero-order valence-corrected chi connectivity index (χ0v) is 16.0. The summed E-state index contributed by atoms with van der Waals surface area (Å²) in [4.78, 5) is 30.1. The quantitative estimate of drug-likeness (QED) is 0.749. The van der Waals surface area contributed by atoms with Crippen molar-refractivity contribution in [3.8, 4) is 11.5 Å². The Labute approximate surface area is 164 Å². The lowest BCUT2D eigenvalue weighted by Crippen LogP contribution is -2.34. The third-order valence-corrected chi connectivity index (χ3v) is 5.19. The molecule has 0 N–H and O–H groups in total. The normalized spacial score (nSPS) is 16.9. The molecule has 0 unspecified atom stereocenters. The molecule has 0 spiro atoms. The summed E-state index contributed by atoms with van der Waals surface area (Å²) in [6.45, 7) is 1.54. The molecule has 1 saturated heterocycles. The number of methoxy groups -OCH3 is 2. The molecule has 2 aliphatic heterocycles. The van der Waals surface area contributed by atoms with Crippen molar-refractivity contribution in [1.82, 2.24) is 4.90 Å². The number of imide groups is 1. The van der Waals surface area contributed by atoms with Crippen LogP contribution in [0.15, 0.2) is 54.2 Å². The van der Waals surface area contributed by atoms with E-state index in [9.17, 15) is 9.59 Å². The van der Waals surface area contributed by atoms with Crippen LogP contribution in [-0.4, -0.2) is 44.0 Å². The van der Waals surface area contributed by atoms with Crippen molar-refractivity contribution in [2.75, 3.05) is 32.2 Å². The van der Waals surface area contributed by atoms with Crippen molar-refractivity contribution >= 4 is 23.1 Å². The zero-order valence-electron chi connectivity index (χ0n) is 16.0. The van der Waals surface area contributed by atoms with Crippen LogP contribution in [0.25, 0.3) is 5.57 Å². The molecule has 28 heavy (non-hydrogen) atoms. The van der Waals surface area contributed by atoms with Gasteiger partial charge in [-0.2, -0.15) is 0 Å². The topological polar surface area (TPSA) is 59.1 Å². The highest BCUT2D eigenvalue weighted by Crippen LogP contribution is 2.39. The first-order valence-corrected chi connectivity index (χ1v) is 9.31. The van der Waals surface area contributed by atoms with Gasteiger partial charge in [0.2, 0.25) is 0 Å². The van der Waals surface area contributed by atoms with Gasteiger partial charge in [-0.1, -0.05) is 24.3 Å². The van der Waals surface area contributed by atoms with Crippen LogP contribution in [0.3, 0.4) is 0 Å².